The van der Waals surface area contributed by atoms with Gasteiger partial charge < -0.3 is 5.32 Å². The Labute approximate surface area is 149 Å². The summed E-state index contributed by atoms with van der Waals surface area (Å²) in [5.74, 6) is -1.59. The fraction of sp³-hybridized carbons (Fsp3) is 0.167. The number of amides is 5. The van der Waals surface area contributed by atoms with E-state index < -0.39 is 17.8 Å². The molecule has 8 nitrogen and oxygen atoms in total. The molecule has 1 saturated heterocycles. The summed E-state index contributed by atoms with van der Waals surface area (Å²) in [5.41, 5.74) is 2.02. The summed E-state index contributed by atoms with van der Waals surface area (Å²) in [5, 5.41) is 2.68. The van der Waals surface area contributed by atoms with E-state index in [0.29, 0.717) is 16.9 Å². The Balaban J connectivity index is 1.67. The number of anilines is 1. The van der Waals surface area contributed by atoms with Crippen molar-refractivity contribution in [3.05, 3.63) is 59.3 Å². The molecule has 0 saturated carbocycles. The first-order valence-electron chi connectivity index (χ1n) is 7.83. The Morgan fingerprint density at radius 3 is 2.27 bits per heavy atom. The molecule has 3 rings (SSSR count). The number of carbonyl (C=O) groups excluding carboxylic acids is 4. The Morgan fingerprint density at radius 1 is 1.04 bits per heavy atom. The number of pyridine rings is 1. The molecule has 1 aliphatic heterocycles. The van der Waals surface area contributed by atoms with Crippen molar-refractivity contribution in [2.24, 2.45) is 0 Å². The zero-order chi connectivity index (χ0) is 18.8. The van der Waals surface area contributed by atoms with Gasteiger partial charge in [-0.15, -0.1) is 0 Å². The van der Waals surface area contributed by atoms with Crippen molar-refractivity contribution in [2.75, 3.05) is 12.4 Å². The number of aromatic nitrogens is 1. The molecular weight excluding hydrogens is 336 g/mol. The van der Waals surface area contributed by atoms with Gasteiger partial charge in [0.25, 0.3) is 5.91 Å². The summed E-state index contributed by atoms with van der Waals surface area (Å²) in [6.07, 6.45) is 1.65. The van der Waals surface area contributed by atoms with E-state index in [0.717, 1.165) is 15.4 Å². The first-order chi connectivity index (χ1) is 12.4. The molecular formula is C18H16N4O4. The molecule has 1 aliphatic rings. The van der Waals surface area contributed by atoms with E-state index >= 15 is 0 Å². The van der Waals surface area contributed by atoms with Gasteiger partial charge in [0.15, 0.2) is 0 Å². The molecule has 26 heavy (non-hydrogen) atoms. The number of rotatable bonds is 4. The van der Waals surface area contributed by atoms with Crippen molar-refractivity contribution < 1.29 is 19.2 Å². The third-order valence-electron chi connectivity index (χ3n) is 3.96. The van der Waals surface area contributed by atoms with Gasteiger partial charge in [-0.05, 0) is 36.2 Å². The second-order valence-electron chi connectivity index (χ2n) is 5.91. The summed E-state index contributed by atoms with van der Waals surface area (Å²) in [7, 11) is 1.26. The van der Waals surface area contributed by atoms with E-state index in [1.807, 2.05) is 13.0 Å². The lowest BCUT2D eigenvalue weighted by atomic mass is 10.1. The van der Waals surface area contributed by atoms with Crippen LogP contribution in [0.3, 0.4) is 0 Å². The number of hydrogen-bond acceptors (Lipinski definition) is 5. The summed E-state index contributed by atoms with van der Waals surface area (Å²) < 4.78 is 0. The minimum absolute atomic E-state index is 0.0326. The van der Waals surface area contributed by atoms with Crippen LogP contribution >= 0.6 is 0 Å². The van der Waals surface area contributed by atoms with E-state index in [-0.39, 0.29) is 12.5 Å². The van der Waals surface area contributed by atoms with Crippen molar-refractivity contribution in [3.63, 3.8) is 0 Å². The van der Waals surface area contributed by atoms with Crippen molar-refractivity contribution in [3.8, 4) is 0 Å². The van der Waals surface area contributed by atoms with Crippen LogP contribution in [0.15, 0.2) is 42.6 Å². The number of nitrogens with zero attached hydrogens (tertiary/aromatic N) is 3. The minimum Gasteiger partial charge on any atom is -0.307 e. The maximum Gasteiger partial charge on any atom is 0.334 e. The molecule has 1 fully saturated rings. The molecule has 0 atom stereocenters. The zero-order valence-corrected chi connectivity index (χ0v) is 14.2. The zero-order valence-electron chi connectivity index (χ0n) is 14.2. The molecule has 0 bridgehead atoms. The Morgan fingerprint density at radius 2 is 1.73 bits per heavy atom. The van der Waals surface area contributed by atoms with Crippen LogP contribution in [0.2, 0.25) is 0 Å². The van der Waals surface area contributed by atoms with E-state index in [9.17, 15) is 19.2 Å². The lowest BCUT2D eigenvalue weighted by Gasteiger charge is -2.13. The summed E-state index contributed by atoms with van der Waals surface area (Å²) >= 11 is 0. The van der Waals surface area contributed by atoms with Crippen LogP contribution in [-0.4, -0.2) is 45.6 Å². The van der Waals surface area contributed by atoms with E-state index in [2.05, 4.69) is 10.3 Å². The Hall–Kier alpha value is -3.55. The highest BCUT2D eigenvalue weighted by molar-refractivity contribution is 6.44. The van der Waals surface area contributed by atoms with Gasteiger partial charge >= 0.3 is 17.8 Å². The third kappa shape index (κ3) is 3.30. The highest BCUT2D eigenvalue weighted by Crippen LogP contribution is 2.15. The fourth-order valence-electron chi connectivity index (χ4n) is 2.43. The lowest BCUT2D eigenvalue weighted by molar-refractivity contribution is -0.143. The molecule has 0 radical (unpaired) electrons. The fourth-order valence-corrected chi connectivity index (χ4v) is 2.43. The number of hydrogen-bond donors (Lipinski definition) is 1. The molecule has 0 aliphatic carbocycles. The van der Waals surface area contributed by atoms with Crippen LogP contribution in [-0.2, 0) is 16.1 Å². The Kier molecular flexibility index (Phi) is 4.49. The molecule has 5 amide bonds. The van der Waals surface area contributed by atoms with Gasteiger partial charge in [0.1, 0.15) is 5.82 Å². The van der Waals surface area contributed by atoms with Crippen LogP contribution in [0.5, 0.6) is 0 Å². The Bertz CT molecular complexity index is 890. The molecule has 1 N–H and O–H groups in total. The lowest BCUT2D eigenvalue weighted by Crippen LogP contribution is -2.31. The van der Waals surface area contributed by atoms with Crippen molar-refractivity contribution in [2.45, 2.75) is 13.5 Å². The van der Waals surface area contributed by atoms with E-state index in [1.165, 1.54) is 7.05 Å². The normalized spacial score (nSPS) is 14.2. The predicted molar refractivity (Wildman–Crippen MR) is 92.1 cm³/mol. The smallest absolute Gasteiger partial charge is 0.307 e. The van der Waals surface area contributed by atoms with Crippen molar-refractivity contribution in [1.29, 1.82) is 0 Å². The quantitative estimate of drug-likeness (QED) is 0.665. The number of nitrogens with one attached hydrogen (secondary N) is 1. The summed E-state index contributed by atoms with van der Waals surface area (Å²) in [6.45, 7) is 1.87. The molecule has 0 unspecified atom stereocenters. The van der Waals surface area contributed by atoms with E-state index in [1.54, 1.807) is 36.5 Å². The number of urea groups is 1. The maximum absolute atomic E-state index is 12.2. The van der Waals surface area contributed by atoms with Crippen molar-refractivity contribution >= 4 is 29.6 Å². The highest BCUT2D eigenvalue weighted by atomic mass is 16.2. The average Bonchev–Trinajstić information content (AvgIpc) is 2.82. The van der Waals surface area contributed by atoms with Crippen LogP contribution < -0.4 is 5.32 Å². The largest absolute Gasteiger partial charge is 0.334 e. The third-order valence-corrected chi connectivity index (χ3v) is 3.96. The van der Waals surface area contributed by atoms with E-state index in [4.69, 9.17) is 0 Å². The van der Waals surface area contributed by atoms with Crippen molar-refractivity contribution in [1.82, 2.24) is 14.8 Å². The highest BCUT2D eigenvalue weighted by Gasteiger charge is 2.41. The first kappa shape index (κ1) is 17.3. The first-order valence-corrected chi connectivity index (χ1v) is 7.83. The second-order valence-corrected chi connectivity index (χ2v) is 5.91. The molecule has 2 aromatic rings. The van der Waals surface area contributed by atoms with Gasteiger partial charge in [0.2, 0.25) is 0 Å². The molecule has 1 aromatic heterocycles. The van der Waals surface area contributed by atoms with Gasteiger partial charge in [-0.25, -0.2) is 9.78 Å². The number of carbonyl (C=O) groups is 4. The monoisotopic (exact) mass is 352 g/mol. The molecule has 2 heterocycles. The average molecular weight is 352 g/mol. The number of benzene rings is 1. The summed E-state index contributed by atoms with van der Waals surface area (Å²) in [6, 6.07) is 9.30. The van der Waals surface area contributed by atoms with Gasteiger partial charge in [-0.2, -0.15) is 0 Å². The van der Waals surface area contributed by atoms with Crippen LogP contribution in [0.4, 0.5) is 10.6 Å². The van der Waals surface area contributed by atoms with Crippen LogP contribution in [0.25, 0.3) is 0 Å². The number of imide groups is 2. The summed E-state index contributed by atoms with van der Waals surface area (Å²) in [4.78, 5) is 53.1. The van der Waals surface area contributed by atoms with Gasteiger partial charge in [0, 0.05) is 18.8 Å². The number of aryl methyl sites for hydroxylation is 1. The van der Waals surface area contributed by atoms with Gasteiger partial charge in [0.05, 0.1) is 6.54 Å². The second kappa shape index (κ2) is 6.75. The topological polar surface area (TPSA) is 99.7 Å². The van der Waals surface area contributed by atoms with Crippen LogP contribution in [0.1, 0.15) is 21.5 Å². The molecule has 8 heteroatoms. The standard InChI is InChI=1S/C18H16N4O4/c1-11-3-8-14(19-9-11)20-15(23)13-6-4-12(5-7-13)10-22-17(25)16(24)21(2)18(22)26/h3-9H,10H2,1-2H3,(H,19,20,23). The number of likely N-dealkylation sites (N-methyl/N-ethyl adjacent to an activating group) is 1. The van der Waals surface area contributed by atoms with Crippen LogP contribution in [0, 0.1) is 6.92 Å². The molecule has 1 aromatic carbocycles. The maximum atomic E-state index is 12.2. The molecule has 0 spiro atoms. The van der Waals surface area contributed by atoms with Gasteiger partial charge in [-0.3, -0.25) is 24.2 Å². The SMILES string of the molecule is Cc1ccc(NC(=O)c2ccc(CN3C(=O)C(=O)N(C)C3=O)cc2)nc1. The predicted octanol–water partition coefficient (Wildman–Crippen LogP) is 1.56. The van der Waals surface area contributed by atoms with Gasteiger partial charge in [-0.1, -0.05) is 18.2 Å². The molecule has 132 valence electrons. The minimum atomic E-state index is -0.857.